The molecule has 6 rings (SSSR count). The maximum absolute atomic E-state index is 14.5. The van der Waals surface area contributed by atoms with Gasteiger partial charge in [0.25, 0.3) is 0 Å². The summed E-state index contributed by atoms with van der Waals surface area (Å²) in [4.78, 5) is 15.7. The first-order valence-corrected chi connectivity index (χ1v) is 10.6. The van der Waals surface area contributed by atoms with E-state index in [-0.39, 0.29) is 23.5 Å². The smallest absolute Gasteiger partial charge is 0.180 e. The number of hydrogen-bond acceptors (Lipinski definition) is 7. The first-order chi connectivity index (χ1) is 15.0. The van der Waals surface area contributed by atoms with E-state index in [4.69, 9.17) is 9.47 Å². The van der Waals surface area contributed by atoms with E-state index >= 15 is 0 Å². The van der Waals surface area contributed by atoms with Crippen LogP contribution in [-0.4, -0.2) is 56.9 Å². The second-order valence-electron chi connectivity index (χ2n) is 8.82. The molecule has 0 bridgehead atoms. The maximum Gasteiger partial charge on any atom is 0.180 e. The van der Waals surface area contributed by atoms with Crippen molar-refractivity contribution in [1.82, 2.24) is 20.2 Å². The van der Waals surface area contributed by atoms with Gasteiger partial charge in [-0.2, -0.15) is 5.10 Å². The number of fused-ring (bicyclic) bond motifs is 2. The van der Waals surface area contributed by atoms with Gasteiger partial charge < -0.3 is 14.4 Å². The highest BCUT2D eigenvalue weighted by Gasteiger charge is 2.41. The summed E-state index contributed by atoms with van der Waals surface area (Å²) in [7, 11) is 0. The highest BCUT2D eigenvalue weighted by Crippen LogP contribution is 2.41. The van der Waals surface area contributed by atoms with Gasteiger partial charge in [-0.25, -0.2) is 19.4 Å². The molecule has 1 saturated heterocycles. The number of benzene rings is 1. The fraction of sp³-hybridized carbons (Fsp3) is 0.455. The van der Waals surface area contributed by atoms with Crippen molar-refractivity contribution in [2.24, 2.45) is 4.99 Å². The number of aromatic amines is 1. The molecular weight excluding hydrogens is 399 g/mol. The van der Waals surface area contributed by atoms with Crippen LogP contribution in [-0.2, 0) is 4.74 Å². The van der Waals surface area contributed by atoms with Gasteiger partial charge in [0.2, 0.25) is 0 Å². The third kappa shape index (κ3) is 3.28. The van der Waals surface area contributed by atoms with Gasteiger partial charge in [-0.3, -0.25) is 5.10 Å². The summed E-state index contributed by atoms with van der Waals surface area (Å²) in [5, 5.41) is 8.10. The van der Waals surface area contributed by atoms with Crippen LogP contribution in [0.4, 0.5) is 10.2 Å². The second kappa shape index (κ2) is 6.63. The molecule has 8 nitrogen and oxygen atoms in total. The van der Waals surface area contributed by atoms with Crippen LogP contribution in [0, 0.1) is 5.82 Å². The molecule has 2 aliphatic heterocycles. The molecule has 1 saturated carbocycles. The summed E-state index contributed by atoms with van der Waals surface area (Å²) >= 11 is 0. The Morgan fingerprint density at radius 2 is 2.13 bits per heavy atom. The number of piperidine rings is 1. The zero-order valence-corrected chi connectivity index (χ0v) is 17.4. The molecule has 1 aromatic carbocycles. The molecule has 9 heteroatoms. The van der Waals surface area contributed by atoms with E-state index in [0.717, 1.165) is 49.5 Å². The van der Waals surface area contributed by atoms with Gasteiger partial charge >= 0.3 is 0 Å². The molecule has 2 fully saturated rings. The molecule has 3 aliphatic rings. The van der Waals surface area contributed by atoms with Crippen LogP contribution in [0.1, 0.15) is 33.1 Å². The minimum absolute atomic E-state index is 0.129. The number of ether oxygens (including phenoxy) is 2. The van der Waals surface area contributed by atoms with Crippen molar-refractivity contribution in [1.29, 1.82) is 0 Å². The Balaban J connectivity index is 1.33. The van der Waals surface area contributed by atoms with E-state index in [1.54, 1.807) is 12.4 Å². The molecule has 4 heterocycles. The maximum atomic E-state index is 14.5. The van der Waals surface area contributed by atoms with E-state index in [1.165, 1.54) is 6.07 Å². The highest BCUT2D eigenvalue weighted by molar-refractivity contribution is 5.93. The number of aliphatic imine (C=N–C) groups is 1. The summed E-state index contributed by atoms with van der Waals surface area (Å²) in [6.45, 7) is 5.48. The fourth-order valence-corrected chi connectivity index (χ4v) is 4.35. The van der Waals surface area contributed by atoms with Crippen molar-refractivity contribution < 1.29 is 13.9 Å². The number of H-pyrrole nitrogens is 1. The van der Waals surface area contributed by atoms with E-state index in [9.17, 15) is 4.39 Å². The summed E-state index contributed by atoms with van der Waals surface area (Å²) in [6, 6.07) is 5.20. The topological polar surface area (TPSA) is 88.5 Å². The first kappa shape index (κ1) is 18.5. The zero-order chi connectivity index (χ0) is 21.2. The number of nitrogens with zero attached hydrogens (tertiary/aromatic N) is 5. The molecule has 0 spiro atoms. The van der Waals surface area contributed by atoms with Gasteiger partial charge in [0.1, 0.15) is 35.6 Å². The first-order valence-electron chi connectivity index (χ1n) is 10.6. The van der Waals surface area contributed by atoms with Gasteiger partial charge in [-0.05, 0) is 25.8 Å². The summed E-state index contributed by atoms with van der Waals surface area (Å²) in [5.74, 6) is 1.44. The van der Waals surface area contributed by atoms with Crippen LogP contribution < -0.4 is 9.64 Å². The van der Waals surface area contributed by atoms with Crippen LogP contribution in [0.3, 0.4) is 0 Å². The largest absolute Gasteiger partial charge is 0.484 e. The minimum atomic E-state index is -0.392. The van der Waals surface area contributed by atoms with Gasteiger partial charge in [0.15, 0.2) is 17.5 Å². The number of hydrogen-bond donors (Lipinski definition) is 1. The Morgan fingerprint density at radius 3 is 2.97 bits per heavy atom. The zero-order valence-electron chi connectivity index (χ0n) is 17.4. The summed E-state index contributed by atoms with van der Waals surface area (Å²) in [6.07, 6.45) is 4.47. The predicted octanol–water partition coefficient (Wildman–Crippen LogP) is 3.49. The van der Waals surface area contributed by atoms with Crippen LogP contribution in [0.2, 0.25) is 0 Å². The molecule has 0 amide bonds. The van der Waals surface area contributed by atoms with E-state index in [2.05, 4.69) is 30.1 Å². The standard InChI is InChI=1S/C22H23FN6O2/c1-12-26-17-10-29(6-3-18(17)30-12)20-9-16(24-11-25-20)21-13-7-19(31-22(2)4-5-22)14(23)8-15(13)27-28-21/h7-9,11,17-18H,3-6,10H2,1-2H3,(H,27,28)/t17-,18?/m0/s1. The average molecular weight is 422 g/mol. The Kier molecular flexibility index (Phi) is 3.97. The molecule has 31 heavy (non-hydrogen) atoms. The lowest BCUT2D eigenvalue weighted by molar-refractivity contribution is 0.168. The fourth-order valence-electron chi connectivity index (χ4n) is 4.35. The Morgan fingerprint density at radius 1 is 1.26 bits per heavy atom. The predicted molar refractivity (Wildman–Crippen MR) is 114 cm³/mol. The van der Waals surface area contributed by atoms with Crippen molar-refractivity contribution in [3.8, 4) is 17.1 Å². The molecule has 1 unspecified atom stereocenters. The molecule has 3 aromatic rings. The van der Waals surface area contributed by atoms with Gasteiger partial charge in [0.05, 0.1) is 11.2 Å². The molecule has 0 radical (unpaired) electrons. The third-order valence-corrected chi connectivity index (χ3v) is 6.33. The summed E-state index contributed by atoms with van der Waals surface area (Å²) in [5.41, 5.74) is 1.67. The lowest BCUT2D eigenvalue weighted by Crippen LogP contribution is -2.45. The quantitative estimate of drug-likeness (QED) is 0.693. The Labute approximate surface area is 178 Å². The molecule has 1 aliphatic carbocycles. The third-order valence-electron chi connectivity index (χ3n) is 6.33. The van der Waals surface area contributed by atoms with Crippen LogP contribution in [0.15, 0.2) is 29.5 Å². The lowest BCUT2D eigenvalue weighted by atomic mass is 10.0. The van der Waals surface area contributed by atoms with E-state index < -0.39 is 5.82 Å². The number of anilines is 1. The van der Waals surface area contributed by atoms with Crippen LogP contribution >= 0.6 is 0 Å². The highest BCUT2D eigenvalue weighted by atomic mass is 19.1. The summed E-state index contributed by atoms with van der Waals surface area (Å²) < 4.78 is 26.2. The lowest BCUT2D eigenvalue weighted by Gasteiger charge is -2.33. The molecule has 160 valence electrons. The van der Waals surface area contributed by atoms with E-state index in [0.29, 0.717) is 16.9 Å². The number of halogens is 1. The Bertz CT molecular complexity index is 1200. The molecule has 2 aromatic heterocycles. The second-order valence-corrected chi connectivity index (χ2v) is 8.82. The SMILES string of the molecule is CC1=N[C@H]2CN(c3cc(-c4n[nH]c5cc(F)c(OC6(C)CC6)cc45)ncn3)CCC2O1. The number of nitrogens with one attached hydrogen (secondary N) is 1. The van der Waals surface area contributed by atoms with Gasteiger partial charge in [-0.15, -0.1) is 0 Å². The number of aromatic nitrogens is 4. The van der Waals surface area contributed by atoms with E-state index in [1.807, 2.05) is 19.9 Å². The molecule has 1 N–H and O–H groups in total. The van der Waals surface area contributed by atoms with Gasteiger partial charge in [-0.1, -0.05) is 0 Å². The van der Waals surface area contributed by atoms with Crippen molar-refractivity contribution in [3.63, 3.8) is 0 Å². The normalized spacial score (nSPS) is 24.0. The van der Waals surface area contributed by atoms with Crippen molar-refractivity contribution in [2.75, 3.05) is 18.0 Å². The average Bonchev–Trinajstić information content (AvgIpc) is 3.17. The van der Waals surface area contributed by atoms with Crippen LogP contribution in [0.25, 0.3) is 22.3 Å². The van der Waals surface area contributed by atoms with Crippen LogP contribution in [0.5, 0.6) is 5.75 Å². The van der Waals surface area contributed by atoms with Gasteiger partial charge in [0, 0.05) is 44.0 Å². The minimum Gasteiger partial charge on any atom is -0.484 e. The van der Waals surface area contributed by atoms with Crippen molar-refractivity contribution in [2.45, 2.75) is 50.9 Å². The number of rotatable bonds is 4. The molecular formula is C22H23FN6O2. The Hall–Kier alpha value is -3.23. The molecule has 2 atom stereocenters. The monoisotopic (exact) mass is 422 g/mol. The van der Waals surface area contributed by atoms with Crippen molar-refractivity contribution >= 4 is 22.6 Å². The van der Waals surface area contributed by atoms with Crippen molar-refractivity contribution in [3.05, 3.63) is 30.3 Å².